The minimum absolute atomic E-state index is 0.0174. The second kappa shape index (κ2) is 9.91. The third-order valence-electron chi connectivity index (χ3n) is 3.88. The Kier molecular flexibility index (Phi) is 8.25. The van der Waals surface area contributed by atoms with E-state index < -0.39 is 29.4 Å². The molecule has 0 bridgehead atoms. The molecule has 1 rings (SSSR count). The SMILES string of the molecule is CCOC(=O)C(O)(C(=O)OCC)[C@@H](/C=[N+](\[O-])Cc1ccccc1)C(C)C. The summed E-state index contributed by atoms with van der Waals surface area (Å²) in [6.07, 6.45) is 1.14. The summed E-state index contributed by atoms with van der Waals surface area (Å²) < 4.78 is 10.4. The molecule has 7 heteroatoms. The Balaban J connectivity index is 3.24. The maximum absolute atomic E-state index is 12.4. The average Bonchev–Trinajstić information content (AvgIpc) is 2.60. The number of hydroxylamine groups is 1. The first-order chi connectivity index (χ1) is 12.3. The largest absolute Gasteiger partial charge is 0.624 e. The summed E-state index contributed by atoms with van der Waals surface area (Å²) in [5.41, 5.74) is -1.82. The van der Waals surface area contributed by atoms with Crippen molar-refractivity contribution in [1.82, 2.24) is 0 Å². The normalized spacial score (nSPS) is 13.4. The fraction of sp³-hybridized carbons (Fsp3) is 0.526. The molecule has 0 heterocycles. The molecule has 0 aromatic heterocycles. The van der Waals surface area contributed by atoms with Crippen LogP contribution in [0.15, 0.2) is 30.3 Å². The molecule has 0 unspecified atom stereocenters. The van der Waals surface area contributed by atoms with E-state index in [4.69, 9.17) is 9.47 Å². The van der Waals surface area contributed by atoms with Gasteiger partial charge in [0.05, 0.1) is 19.1 Å². The number of benzene rings is 1. The van der Waals surface area contributed by atoms with Crippen molar-refractivity contribution in [3.05, 3.63) is 41.1 Å². The maximum Gasteiger partial charge on any atom is 0.350 e. The van der Waals surface area contributed by atoms with Crippen LogP contribution in [-0.4, -0.2) is 46.8 Å². The van der Waals surface area contributed by atoms with Gasteiger partial charge in [0.2, 0.25) is 0 Å². The minimum Gasteiger partial charge on any atom is -0.624 e. The summed E-state index contributed by atoms with van der Waals surface area (Å²) >= 11 is 0. The zero-order chi connectivity index (χ0) is 19.7. The molecular weight excluding hydrogens is 338 g/mol. The van der Waals surface area contributed by atoms with Crippen molar-refractivity contribution < 1.29 is 28.9 Å². The van der Waals surface area contributed by atoms with Gasteiger partial charge in [-0.3, -0.25) is 0 Å². The van der Waals surface area contributed by atoms with Gasteiger partial charge in [0.25, 0.3) is 5.60 Å². The molecule has 0 saturated heterocycles. The standard InChI is InChI=1S/C19H27NO6/c1-5-25-17(21)19(23,18(22)26-6-2)16(14(3)4)13-20(24)12-15-10-8-7-9-11-15/h7-11,13-14,16,23H,5-6,12H2,1-4H3/b20-13-/t16-/m0/s1. The number of carbonyl (C=O) groups excluding carboxylic acids is 2. The molecule has 1 atom stereocenters. The van der Waals surface area contributed by atoms with Crippen LogP contribution in [0.2, 0.25) is 0 Å². The zero-order valence-electron chi connectivity index (χ0n) is 15.7. The van der Waals surface area contributed by atoms with Gasteiger partial charge in [-0.25, -0.2) is 14.3 Å². The molecule has 1 N–H and O–H groups in total. The molecule has 1 aromatic carbocycles. The van der Waals surface area contributed by atoms with E-state index in [0.29, 0.717) is 4.74 Å². The highest BCUT2D eigenvalue weighted by atomic mass is 16.6. The molecule has 0 amide bonds. The Morgan fingerprint density at radius 3 is 2.08 bits per heavy atom. The molecule has 0 aliphatic carbocycles. The van der Waals surface area contributed by atoms with Crippen molar-refractivity contribution in [3.63, 3.8) is 0 Å². The maximum atomic E-state index is 12.4. The highest BCUT2D eigenvalue weighted by Gasteiger charge is 2.55. The third kappa shape index (κ3) is 5.29. The van der Waals surface area contributed by atoms with E-state index in [9.17, 15) is 19.9 Å². The van der Waals surface area contributed by atoms with Crippen molar-refractivity contribution in [2.45, 2.75) is 39.8 Å². The van der Waals surface area contributed by atoms with Crippen LogP contribution < -0.4 is 0 Å². The molecule has 26 heavy (non-hydrogen) atoms. The molecule has 0 saturated carbocycles. The summed E-state index contributed by atoms with van der Waals surface area (Å²) in [6.45, 7) is 6.50. The summed E-state index contributed by atoms with van der Waals surface area (Å²) in [5, 5.41) is 23.3. The van der Waals surface area contributed by atoms with Gasteiger partial charge < -0.3 is 19.8 Å². The van der Waals surface area contributed by atoms with Crippen molar-refractivity contribution >= 4 is 18.2 Å². The van der Waals surface area contributed by atoms with Crippen LogP contribution in [0.1, 0.15) is 33.3 Å². The third-order valence-corrected chi connectivity index (χ3v) is 3.88. The first-order valence-electron chi connectivity index (χ1n) is 8.66. The van der Waals surface area contributed by atoms with E-state index in [1.807, 2.05) is 6.07 Å². The van der Waals surface area contributed by atoms with E-state index >= 15 is 0 Å². The lowest BCUT2D eigenvalue weighted by Gasteiger charge is -2.31. The number of hydrogen-bond donors (Lipinski definition) is 1. The van der Waals surface area contributed by atoms with Crippen molar-refractivity contribution in [2.75, 3.05) is 13.2 Å². The molecule has 0 spiro atoms. The highest BCUT2D eigenvalue weighted by molar-refractivity contribution is 6.06. The fourth-order valence-electron chi connectivity index (χ4n) is 2.60. The number of esters is 2. The minimum atomic E-state index is -2.58. The second-order valence-electron chi connectivity index (χ2n) is 6.19. The molecule has 0 radical (unpaired) electrons. The fourth-order valence-corrected chi connectivity index (χ4v) is 2.60. The van der Waals surface area contributed by atoms with Crippen LogP contribution in [0.25, 0.3) is 0 Å². The van der Waals surface area contributed by atoms with E-state index in [0.717, 1.165) is 11.8 Å². The lowest BCUT2D eigenvalue weighted by molar-refractivity contribution is -0.473. The van der Waals surface area contributed by atoms with Crippen LogP contribution in [0.3, 0.4) is 0 Å². The van der Waals surface area contributed by atoms with Crippen LogP contribution in [0, 0.1) is 17.0 Å². The number of carbonyl (C=O) groups is 2. The number of hydrogen-bond acceptors (Lipinski definition) is 6. The second-order valence-corrected chi connectivity index (χ2v) is 6.19. The molecule has 0 aliphatic heterocycles. The van der Waals surface area contributed by atoms with Gasteiger partial charge >= 0.3 is 11.9 Å². The van der Waals surface area contributed by atoms with Gasteiger partial charge in [-0.1, -0.05) is 44.2 Å². The average molecular weight is 365 g/mol. The smallest absolute Gasteiger partial charge is 0.350 e. The highest BCUT2D eigenvalue weighted by Crippen LogP contribution is 2.27. The Morgan fingerprint density at radius 2 is 1.65 bits per heavy atom. The summed E-state index contributed by atoms with van der Waals surface area (Å²) in [4.78, 5) is 24.7. The van der Waals surface area contributed by atoms with Crippen LogP contribution in [-0.2, 0) is 25.6 Å². The van der Waals surface area contributed by atoms with Gasteiger partial charge in [-0.2, -0.15) is 0 Å². The van der Waals surface area contributed by atoms with Crippen LogP contribution in [0.5, 0.6) is 0 Å². The van der Waals surface area contributed by atoms with E-state index in [-0.39, 0.29) is 19.8 Å². The van der Waals surface area contributed by atoms with Gasteiger partial charge in [-0.15, -0.1) is 0 Å². The Bertz CT molecular complexity index is 608. The molecule has 1 aromatic rings. The van der Waals surface area contributed by atoms with Crippen molar-refractivity contribution in [2.24, 2.45) is 11.8 Å². The van der Waals surface area contributed by atoms with E-state index in [1.165, 1.54) is 0 Å². The molecule has 7 nitrogen and oxygen atoms in total. The summed E-state index contributed by atoms with van der Waals surface area (Å²) in [7, 11) is 0. The molecular formula is C19H27NO6. The molecule has 0 aliphatic rings. The lowest BCUT2D eigenvalue weighted by Crippen LogP contribution is -2.57. The monoisotopic (exact) mass is 365 g/mol. The van der Waals surface area contributed by atoms with Gasteiger partial charge in [0, 0.05) is 5.56 Å². The Labute approximate surface area is 153 Å². The van der Waals surface area contributed by atoms with Crippen LogP contribution >= 0.6 is 0 Å². The van der Waals surface area contributed by atoms with Crippen molar-refractivity contribution in [1.29, 1.82) is 0 Å². The van der Waals surface area contributed by atoms with Crippen LogP contribution in [0.4, 0.5) is 0 Å². The number of nitrogens with zero attached hydrogens (tertiary/aromatic N) is 1. The van der Waals surface area contributed by atoms with Gasteiger partial charge in [-0.05, 0) is 19.8 Å². The summed E-state index contributed by atoms with van der Waals surface area (Å²) in [6, 6.07) is 9.00. The Hall–Kier alpha value is -2.41. The predicted octanol–water partition coefficient (Wildman–Crippen LogP) is 1.90. The number of ether oxygens (including phenoxy) is 2. The van der Waals surface area contributed by atoms with Gasteiger partial charge in [0.15, 0.2) is 12.8 Å². The topological polar surface area (TPSA) is 98.9 Å². The first-order valence-corrected chi connectivity index (χ1v) is 8.66. The van der Waals surface area contributed by atoms with E-state index in [2.05, 4.69) is 0 Å². The zero-order valence-corrected chi connectivity index (χ0v) is 15.7. The van der Waals surface area contributed by atoms with Crippen molar-refractivity contribution in [3.8, 4) is 0 Å². The lowest BCUT2D eigenvalue weighted by atomic mass is 9.80. The summed E-state index contributed by atoms with van der Waals surface area (Å²) in [5.74, 6) is -3.76. The Morgan fingerprint density at radius 1 is 1.15 bits per heavy atom. The quantitative estimate of drug-likeness (QED) is 0.179. The van der Waals surface area contributed by atoms with Gasteiger partial charge in [0.1, 0.15) is 0 Å². The molecule has 0 fully saturated rings. The number of aliphatic hydroxyl groups is 1. The molecule has 144 valence electrons. The van der Waals surface area contributed by atoms with E-state index in [1.54, 1.807) is 52.0 Å². The first kappa shape index (κ1) is 21.6. The number of rotatable bonds is 9. The predicted molar refractivity (Wildman–Crippen MR) is 96.4 cm³/mol.